The van der Waals surface area contributed by atoms with Gasteiger partial charge in [0.15, 0.2) is 5.82 Å². The summed E-state index contributed by atoms with van der Waals surface area (Å²) >= 11 is 0. The molecule has 2 unspecified atom stereocenters. The number of rotatable bonds is 3. The van der Waals surface area contributed by atoms with Gasteiger partial charge in [0.05, 0.1) is 24.0 Å². The van der Waals surface area contributed by atoms with Crippen molar-refractivity contribution in [3.05, 3.63) is 29.8 Å². The van der Waals surface area contributed by atoms with Crippen molar-refractivity contribution in [3.63, 3.8) is 0 Å². The average Bonchev–Trinajstić information content (AvgIpc) is 2.86. The predicted octanol–water partition coefficient (Wildman–Crippen LogP) is 3.81. The van der Waals surface area contributed by atoms with Crippen LogP contribution in [0.2, 0.25) is 0 Å². The maximum Gasteiger partial charge on any atom is 0.391 e. The number of aromatic nitrogens is 4. The van der Waals surface area contributed by atoms with Crippen LogP contribution in [0.25, 0.3) is 5.82 Å². The smallest absolute Gasteiger partial charge is 0.366 e. The highest BCUT2D eigenvalue weighted by Crippen LogP contribution is 2.38. The molecule has 0 bridgehead atoms. The van der Waals surface area contributed by atoms with Gasteiger partial charge in [-0.2, -0.15) is 18.3 Å². The van der Waals surface area contributed by atoms with Gasteiger partial charge in [-0.3, -0.25) is 4.98 Å². The molecule has 24 heavy (non-hydrogen) atoms. The third kappa shape index (κ3) is 3.68. The minimum Gasteiger partial charge on any atom is -0.366 e. The van der Waals surface area contributed by atoms with Crippen LogP contribution in [0, 0.1) is 19.8 Å². The van der Waals surface area contributed by atoms with Crippen LogP contribution in [0.3, 0.4) is 0 Å². The van der Waals surface area contributed by atoms with Crippen molar-refractivity contribution in [2.75, 3.05) is 5.32 Å². The lowest BCUT2D eigenvalue weighted by molar-refractivity contribution is -0.182. The van der Waals surface area contributed by atoms with Gasteiger partial charge in [0.1, 0.15) is 5.82 Å². The molecular weight excluding hydrogens is 319 g/mol. The Labute approximate surface area is 138 Å². The first-order valence-corrected chi connectivity index (χ1v) is 8.02. The third-order valence-corrected chi connectivity index (χ3v) is 4.34. The molecule has 0 saturated heterocycles. The van der Waals surface area contributed by atoms with E-state index in [1.165, 1.54) is 6.20 Å². The Morgan fingerprint density at radius 3 is 2.67 bits per heavy atom. The Bertz CT molecular complexity index is 710. The van der Waals surface area contributed by atoms with Crippen molar-refractivity contribution in [2.45, 2.75) is 51.7 Å². The molecule has 1 aliphatic carbocycles. The lowest BCUT2D eigenvalue weighted by Crippen LogP contribution is -2.34. The van der Waals surface area contributed by atoms with Crippen molar-refractivity contribution >= 4 is 5.82 Å². The summed E-state index contributed by atoms with van der Waals surface area (Å²) in [5.41, 5.74) is 1.79. The zero-order valence-electron chi connectivity index (χ0n) is 13.6. The Balaban J connectivity index is 1.74. The molecule has 8 heteroatoms. The Hall–Kier alpha value is -2.12. The minimum atomic E-state index is -4.13. The normalized spacial score (nSPS) is 21.7. The largest absolute Gasteiger partial charge is 0.391 e. The Morgan fingerprint density at radius 1 is 1.21 bits per heavy atom. The van der Waals surface area contributed by atoms with Crippen LogP contribution in [0.15, 0.2) is 18.5 Å². The summed E-state index contributed by atoms with van der Waals surface area (Å²) in [6, 6.07) is 1.69. The van der Waals surface area contributed by atoms with E-state index in [0.717, 1.165) is 11.4 Å². The summed E-state index contributed by atoms with van der Waals surface area (Å²) in [5.74, 6) is -0.211. The molecule has 0 amide bonds. The maximum atomic E-state index is 12.9. The van der Waals surface area contributed by atoms with Crippen LogP contribution < -0.4 is 5.32 Å². The summed E-state index contributed by atoms with van der Waals surface area (Å²) in [6.07, 6.45) is 0.549. The maximum absolute atomic E-state index is 12.9. The van der Waals surface area contributed by atoms with Crippen LogP contribution in [-0.2, 0) is 0 Å². The van der Waals surface area contributed by atoms with E-state index in [1.54, 1.807) is 10.9 Å². The van der Waals surface area contributed by atoms with Gasteiger partial charge in [0.2, 0.25) is 0 Å². The van der Waals surface area contributed by atoms with Gasteiger partial charge in [-0.05, 0) is 39.2 Å². The standard InChI is InChI=1S/C16H20F3N5/c1-10-6-11(2)24(23-10)15-9-20-8-14(22-15)21-13-5-3-4-12(7-13)16(17,18)19/h6,8-9,12-13H,3-5,7H2,1-2H3,(H,21,22). The van der Waals surface area contributed by atoms with Crippen molar-refractivity contribution in [1.82, 2.24) is 19.7 Å². The van der Waals surface area contributed by atoms with E-state index < -0.39 is 12.1 Å². The fourth-order valence-electron chi connectivity index (χ4n) is 3.22. The number of alkyl halides is 3. The number of anilines is 1. The van der Waals surface area contributed by atoms with Crippen LogP contribution in [0.4, 0.5) is 19.0 Å². The molecular formula is C16H20F3N5. The second kappa shape index (κ2) is 6.41. The zero-order chi connectivity index (χ0) is 17.3. The molecule has 3 rings (SSSR count). The minimum absolute atomic E-state index is 0.0787. The Kier molecular flexibility index (Phi) is 4.47. The van der Waals surface area contributed by atoms with Crippen LogP contribution >= 0.6 is 0 Å². The van der Waals surface area contributed by atoms with E-state index in [1.807, 2.05) is 19.9 Å². The van der Waals surface area contributed by atoms with E-state index >= 15 is 0 Å². The molecule has 0 aliphatic heterocycles. The van der Waals surface area contributed by atoms with Gasteiger partial charge >= 0.3 is 6.18 Å². The molecule has 5 nitrogen and oxygen atoms in total. The molecule has 0 aromatic carbocycles. The van der Waals surface area contributed by atoms with E-state index in [0.29, 0.717) is 24.5 Å². The van der Waals surface area contributed by atoms with Gasteiger partial charge in [-0.25, -0.2) is 9.67 Å². The first-order chi connectivity index (χ1) is 11.3. The van der Waals surface area contributed by atoms with Crippen molar-refractivity contribution in [1.29, 1.82) is 0 Å². The molecule has 1 N–H and O–H groups in total. The molecule has 1 fully saturated rings. The fourth-order valence-corrected chi connectivity index (χ4v) is 3.22. The number of halogens is 3. The van der Waals surface area contributed by atoms with E-state index in [2.05, 4.69) is 20.4 Å². The summed E-state index contributed by atoms with van der Waals surface area (Å²) < 4.78 is 40.4. The monoisotopic (exact) mass is 339 g/mol. The topological polar surface area (TPSA) is 55.6 Å². The second-order valence-corrected chi connectivity index (χ2v) is 6.35. The third-order valence-electron chi connectivity index (χ3n) is 4.34. The predicted molar refractivity (Wildman–Crippen MR) is 84.1 cm³/mol. The molecule has 0 radical (unpaired) electrons. The van der Waals surface area contributed by atoms with Crippen LogP contribution in [-0.4, -0.2) is 32.0 Å². The van der Waals surface area contributed by atoms with Crippen molar-refractivity contribution < 1.29 is 13.2 Å². The van der Waals surface area contributed by atoms with Gasteiger partial charge in [-0.15, -0.1) is 0 Å². The second-order valence-electron chi connectivity index (χ2n) is 6.35. The molecule has 1 saturated carbocycles. The summed E-state index contributed by atoms with van der Waals surface area (Å²) in [4.78, 5) is 8.58. The molecule has 2 aromatic heterocycles. The van der Waals surface area contributed by atoms with Gasteiger partial charge in [0, 0.05) is 11.7 Å². The first-order valence-electron chi connectivity index (χ1n) is 8.02. The zero-order valence-corrected chi connectivity index (χ0v) is 13.6. The number of nitrogens with zero attached hydrogens (tertiary/aromatic N) is 4. The Morgan fingerprint density at radius 2 is 2.00 bits per heavy atom. The molecule has 0 spiro atoms. The average molecular weight is 339 g/mol. The SMILES string of the molecule is Cc1cc(C)n(-c2cncc(NC3CCCC(C(F)(F)F)C3)n2)n1. The molecule has 130 valence electrons. The molecule has 2 aromatic rings. The highest BCUT2D eigenvalue weighted by Gasteiger charge is 2.42. The van der Waals surface area contributed by atoms with Gasteiger partial charge in [0.25, 0.3) is 0 Å². The number of aryl methyl sites for hydroxylation is 2. The summed E-state index contributed by atoms with van der Waals surface area (Å²) in [7, 11) is 0. The van der Waals surface area contributed by atoms with Crippen molar-refractivity contribution in [2.24, 2.45) is 5.92 Å². The van der Waals surface area contributed by atoms with Gasteiger partial charge in [-0.1, -0.05) is 6.42 Å². The van der Waals surface area contributed by atoms with E-state index in [9.17, 15) is 13.2 Å². The van der Waals surface area contributed by atoms with Crippen LogP contribution in [0.5, 0.6) is 0 Å². The van der Waals surface area contributed by atoms with Gasteiger partial charge < -0.3 is 5.32 Å². The number of nitrogens with one attached hydrogen (secondary N) is 1. The number of hydrogen-bond donors (Lipinski definition) is 1. The fraction of sp³-hybridized carbons (Fsp3) is 0.562. The quantitative estimate of drug-likeness (QED) is 0.924. The molecule has 2 heterocycles. The lowest BCUT2D eigenvalue weighted by atomic mass is 9.85. The van der Waals surface area contributed by atoms with E-state index in [-0.39, 0.29) is 18.9 Å². The van der Waals surface area contributed by atoms with Crippen molar-refractivity contribution in [3.8, 4) is 5.82 Å². The number of hydrogen-bond acceptors (Lipinski definition) is 4. The summed E-state index contributed by atoms with van der Waals surface area (Å²) in [5, 5.41) is 7.45. The summed E-state index contributed by atoms with van der Waals surface area (Å²) in [6.45, 7) is 3.80. The lowest BCUT2D eigenvalue weighted by Gasteiger charge is -2.31. The van der Waals surface area contributed by atoms with Crippen LogP contribution in [0.1, 0.15) is 37.1 Å². The molecule has 2 atom stereocenters. The first kappa shape index (κ1) is 16.7. The van der Waals surface area contributed by atoms with E-state index in [4.69, 9.17) is 0 Å². The highest BCUT2D eigenvalue weighted by molar-refractivity contribution is 5.37. The molecule has 1 aliphatic rings. The highest BCUT2D eigenvalue weighted by atomic mass is 19.4.